The molecule has 112 valence electrons. The predicted molar refractivity (Wildman–Crippen MR) is 82.5 cm³/mol. The zero-order valence-electron chi connectivity index (χ0n) is 13.4. The largest absolute Gasteiger partial charge is 0.316 e. The molecule has 0 bridgehead atoms. The molecule has 3 fully saturated rings. The highest BCUT2D eigenvalue weighted by atomic mass is 15.2. The molecule has 3 heterocycles. The van der Waals surface area contributed by atoms with Crippen LogP contribution in [0.1, 0.15) is 40.5 Å². The van der Waals surface area contributed by atoms with Crippen LogP contribution in [0.3, 0.4) is 0 Å². The van der Waals surface area contributed by atoms with Crippen LogP contribution in [-0.4, -0.2) is 61.7 Å². The first-order chi connectivity index (χ1) is 9.17. The Labute approximate surface area is 119 Å². The average molecular weight is 267 g/mol. The highest BCUT2D eigenvalue weighted by molar-refractivity contribution is 4.98. The summed E-state index contributed by atoms with van der Waals surface area (Å²) < 4.78 is 0. The topological polar surface area (TPSA) is 18.5 Å². The van der Waals surface area contributed by atoms with Crippen LogP contribution in [0, 0.1) is 11.3 Å². The fraction of sp³-hybridized carbons (Fsp3) is 1.00. The van der Waals surface area contributed by atoms with Gasteiger partial charge in [-0.05, 0) is 51.1 Å². The number of hydrogen-bond acceptors (Lipinski definition) is 3. The maximum atomic E-state index is 3.38. The van der Waals surface area contributed by atoms with E-state index in [-0.39, 0.29) is 0 Å². The van der Waals surface area contributed by atoms with Gasteiger partial charge in [-0.25, -0.2) is 0 Å². The molecule has 1 atom stereocenters. The van der Waals surface area contributed by atoms with Crippen LogP contribution >= 0.6 is 0 Å². The third-order valence-electron chi connectivity index (χ3n) is 5.10. The van der Waals surface area contributed by atoms with Crippen LogP contribution in [0.5, 0.6) is 0 Å². The van der Waals surface area contributed by atoms with E-state index in [1.165, 1.54) is 58.7 Å². The number of nitrogens with zero attached hydrogens (tertiary/aromatic N) is 2. The van der Waals surface area contributed by atoms with Crippen molar-refractivity contribution in [3.05, 3.63) is 0 Å². The van der Waals surface area contributed by atoms with Crippen molar-refractivity contribution in [2.75, 3.05) is 45.8 Å². The number of nitrogens with one attached hydrogen (secondary N) is 1. The average Bonchev–Trinajstić information content (AvgIpc) is 2.95. The molecular formula is C16H33N3. The summed E-state index contributed by atoms with van der Waals surface area (Å²) in [7, 11) is 0. The molecule has 3 saturated heterocycles. The molecule has 3 rings (SSSR count). The van der Waals surface area contributed by atoms with Crippen molar-refractivity contribution in [2.45, 2.75) is 46.6 Å². The van der Waals surface area contributed by atoms with Gasteiger partial charge in [-0.3, -0.25) is 0 Å². The van der Waals surface area contributed by atoms with Gasteiger partial charge in [0.15, 0.2) is 0 Å². The van der Waals surface area contributed by atoms with E-state index in [9.17, 15) is 0 Å². The van der Waals surface area contributed by atoms with E-state index in [1.54, 1.807) is 0 Å². The standard InChI is InChI=1S/C14H27N3.C2H6/c1-12(2)17-6-4-14(11-17)3-5-16(10-14)9-13-7-15-8-13;1-2/h12-13,15H,3-11H2,1-2H3;1-2H3. The molecule has 0 aromatic carbocycles. The minimum atomic E-state index is 0.654. The second kappa shape index (κ2) is 6.55. The first-order valence-corrected chi connectivity index (χ1v) is 8.34. The zero-order chi connectivity index (χ0) is 13.9. The molecule has 3 aliphatic rings. The summed E-state index contributed by atoms with van der Waals surface area (Å²) >= 11 is 0. The molecule has 3 aliphatic heterocycles. The van der Waals surface area contributed by atoms with E-state index >= 15 is 0 Å². The molecule has 0 aromatic heterocycles. The lowest BCUT2D eigenvalue weighted by Crippen LogP contribution is -2.48. The van der Waals surface area contributed by atoms with Gasteiger partial charge in [0.1, 0.15) is 0 Å². The van der Waals surface area contributed by atoms with Crippen molar-refractivity contribution in [3.8, 4) is 0 Å². The lowest BCUT2D eigenvalue weighted by atomic mass is 9.86. The quantitative estimate of drug-likeness (QED) is 0.844. The predicted octanol–water partition coefficient (Wildman–Crippen LogP) is 2.04. The van der Waals surface area contributed by atoms with Crippen LogP contribution < -0.4 is 5.32 Å². The van der Waals surface area contributed by atoms with Crippen molar-refractivity contribution in [2.24, 2.45) is 11.3 Å². The highest BCUT2D eigenvalue weighted by Crippen LogP contribution is 2.40. The van der Waals surface area contributed by atoms with E-state index in [2.05, 4.69) is 29.0 Å². The molecule has 1 unspecified atom stereocenters. The Morgan fingerprint density at radius 2 is 1.79 bits per heavy atom. The maximum Gasteiger partial charge on any atom is 0.00539 e. The number of hydrogen-bond donors (Lipinski definition) is 1. The first-order valence-electron chi connectivity index (χ1n) is 8.34. The fourth-order valence-electron chi connectivity index (χ4n) is 3.77. The summed E-state index contributed by atoms with van der Waals surface area (Å²) in [5.74, 6) is 0.938. The van der Waals surface area contributed by atoms with Gasteiger partial charge in [0.05, 0.1) is 0 Å². The third-order valence-corrected chi connectivity index (χ3v) is 5.10. The molecule has 0 saturated carbocycles. The van der Waals surface area contributed by atoms with E-state index in [0.717, 1.165) is 12.0 Å². The molecule has 3 heteroatoms. The van der Waals surface area contributed by atoms with Gasteiger partial charge < -0.3 is 15.1 Å². The number of likely N-dealkylation sites (tertiary alicyclic amines) is 2. The Morgan fingerprint density at radius 1 is 1.11 bits per heavy atom. The van der Waals surface area contributed by atoms with Gasteiger partial charge in [-0.2, -0.15) is 0 Å². The van der Waals surface area contributed by atoms with Crippen molar-refractivity contribution >= 4 is 0 Å². The van der Waals surface area contributed by atoms with Crippen LogP contribution in [0.25, 0.3) is 0 Å². The Balaban J connectivity index is 0.000000637. The van der Waals surface area contributed by atoms with Crippen molar-refractivity contribution < 1.29 is 0 Å². The maximum absolute atomic E-state index is 3.38. The summed E-state index contributed by atoms with van der Waals surface area (Å²) in [5.41, 5.74) is 0.654. The molecule has 19 heavy (non-hydrogen) atoms. The first kappa shape index (κ1) is 15.3. The lowest BCUT2D eigenvalue weighted by Gasteiger charge is -2.32. The molecule has 0 amide bonds. The lowest BCUT2D eigenvalue weighted by molar-refractivity contribution is 0.188. The van der Waals surface area contributed by atoms with Crippen LogP contribution in [0.4, 0.5) is 0 Å². The molecule has 0 aliphatic carbocycles. The van der Waals surface area contributed by atoms with Crippen LogP contribution in [0.15, 0.2) is 0 Å². The van der Waals surface area contributed by atoms with Gasteiger partial charge >= 0.3 is 0 Å². The molecule has 0 aromatic rings. The minimum Gasteiger partial charge on any atom is -0.316 e. The van der Waals surface area contributed by atoms with E-state index < -0.39 is 0 Å². The smallest absolute Gasteiger partial charge is 0.00539 e. The second-order valence-corrected chi connectivity index (χ2v) is 6.82. The molecular weight excluding hydrogens is 234 g/mol. The normalized spacial score (nSPS) is 32.7. The fourth-order valence-corrected chi connectivity index (χ4v) is 3.77. The van der Waals surface area contributed by atoms with Crippen LogP contribution in [-0.2, 0) is 0 Å². The monoisotopic (exact) mass is 267 g/mol. The summed E-state index contributed by atoms with van der Waals surface area (Å²) in [6, 6.07) is 0.735. The van der Waals surface area contributed by atoms with Crippen molar-refractivity contribution in [1.29, 1.82) is 0 Å². The van der Waals surface area contributed by atoms with E-state index in [0.29, 0.717) is 5.41 Å². The zero-order valence-corrected chi connectivity index (χ0v) is 13.4. The van der Waals surface area contributed by atoms with E-state index in [1.807, 2.05) is 13.8 Å². The summed E-state index contributed by atoms with van der Waals surface area (Å²) in [6.07, 6.45) is 2.88. The summed E-state index contributed by atoms with van der Waals surface area (Å²) in [6.45, 7) is 17.9. The molecule has 3 nitrogen and oxygen atoms in total. The minimum absolute atomic E-state index is 0.654. The highest BCUT2D eigenvalue weighted by Gasteiger charge is 2.44. The Hall–Kier alpha value is -0.120. The Kier molecular flexibility index (Phi) is 5.27. The number of rotatable bonds is 3. The van der Waals surface area contributed by atoms with Crippen molar-refractivity contribution in [1.82, 2.24) is 15.1 Å². The van der Waals surface area contributed by atoms with Gasteiger partial charge in [-0.1, -0.05) is 13.8 Å². The van der Waals surface area contributed by atoms with Gasteiger partial charge in [-0.15, -0.1) is 0 Å². The Morgan fingerprint density at radius 3 is 2.32 bits per heavy atom. The van der Waals surface area contributed by atoms with Crippen LogP contribution in [0.2, 0.25) is 0 Å². The molecule has 0 radical (unpaired) electrons. The van der Waals surface area contributed by atoms with Gasteiger partial charge in [0.2, 0.25) is 0 Å². The molecule has 1 spiro atoms. The summed E-state index contributed by atoms with van der Waals surface area (Å²) in [4.78, 5) is 5.41. The molecule has 1 N–H and O–H groups in total. The second-order valence-electron chi connectivity index (χ2n) is 6.82. The third kappa shape index (κ3) is 3.50. The van der Waals surface area contributed by atoms with Gasteiger partial charge in [0.25, 0.3) is 0 Å². The Bertz CT molecular complexity index is 275. The van der Waals surface area contributed by atoms with E-state index in [4.69, 9.17) is 0 Å². The summed E-state index contributed by atoms with van der Waals surface area (Å²) in [5, 5.41) is 3.38. The van der Waals surface area contributed by atoms with Crippen molar-refractivity contribution in [3.63, 3.8) is 0 Å². The SMILES string of the molecule is CC.CC(C)N1CCC2(CCN(CC3CNC3)C2)C1. The van der Waals surface area contributed by atoms with Gasteiger partial charge in [0, 0.05) is 38.8 Å².